The van der Waals surface area contributed by atoms with Crippen LogP contribution in [0.4, 0.5) is 5.69 Å². The summed E-state index contributed by atoms with van der Waals surface area (Å²) in [6.07, 6.45) is 6.90. The molecule has 1 saturated carbocycles. The molecule has 0 radical (unpaired) electrons. The molecule has 1 heterocycles. The highest BCUT2D eigenvalue weighted by molar-refractivity contribution is 5.62. The van der Waals surface area contributed by atoms with Crippen LogP contribution in [0.3, 0.4) is 0 Å². The fraction of sp³-hybridized carbons (Fsp3) is 0.576. The fourth-order valence-corrected chi connectivity index (χ4v) is 4.85. The molecule has 3 rings (SSSR count). The van der Waals surface area contributed by atoms with E-state index < -0.39 is 5.60 Å². The second kappa shape index (κ2) is 20.9. The zero-order chi connectivity index (χ0) is 31.5. The normalized spacial score (nSPS) is 12.3. The zero-order valence-electron chi connectivity index (χ0n) is 26.8. The van der Waals surface area contributed by atoms with Crippen LogP contribution in [0, 0.1) is 32.6 Å². The van der Waals surface area contributed by atoms with E-state index in [9.17, 15) is 9.90 Å². The molecular formula is C33H56N4O3. The molecule has 1 fully saturated rings. The summed E-state index contributed by atoms with van der Waals surface area (Å²) < 4.78 is 0. The number of aromatic nitrogens is 1. The number of hydrogen-bond acceptors (Lipinski definition) is 6. The van der Waals surface area contributed by atoms with Crippen LogP contribution in [0.15, 0.2) is 23.0 Å². The number of carbonyl (C=O) groups is 1. The molecule has 0 spiro atoms. The number of pyridine rings is 1. The maximum atomic E-state index is 12.7. The summed E-state index contributed by atoms with van der Waals surface area (Å²) in [4.78, 5) is 26.2. The minimum atomic E-state index is -1.05. The van der Waals surface area contributed by atoms with Crippen LogP contribution in [-0.2, 0) is 11.2 Å². The Kier molecular flexibility index (Phi) is 20.5. The molecule has 0 saturated heterocycles. The Hall–Kier alpha value is -2.92. The molecule has 2 aromatic rings. The quantitative estimate of drug-likeness (QED) is 0.377. The number of H-pyrrole nitrogens is 1. The molecule has 0 bridgehead atoms. The lowest BCUT2D eigenvalue weighted by Crippen LogP contribution is -2.37. The van der Waals surface area contributed by atoms with E-state index in [1.807, 2.05) is 40.6 Å². The van der Waals surface area contributed by atoms with Gasteiger partial charge < -0.3 is 31.3 Å². The molecule has 7 nitrogen and oxygen atoms in total. The Bertz CT molecular complexity index is 1100. The van der Waals surface area contributed by atoms with E-state index >= 15 is 0 Å². The van der Waals surface area contributed by atoms with Crippen molar-refractivity contribution < 1.29 is 9.90 Å². The van der Waals surface area contributed by atoms with Gasteiger partial charge in [0.15, 0.2) is 0 Å². The first-order chi connectivity index (χ1) is 19.1. The molecule has 40 heavy (non-hydrogen) atoms. The van der Waals surface area contributed by atoms with Gasteiger partial charge in [-0.3, -0.25) is 4.79 Å². The summed E-state index contributed by atoms with van der Waals surface area (Å²) in [5.41, 5.74) is 15.1. The molecule has 6 N–H and O–H groups in total. The van der Waals surface area contributed by atoms with Gasteiger partial charge in [0.1, 0.15) is 12.4 Å². The van der Waals surface area contributed by atoms with Crippen molar-refractivity contribution in [3.8, 4) is 11.8 Å². The molecule has 1 aromatic heterocycles. The zero-order valence-corrected chi connectivity index (χ0v) is 26.8. The molecule has 0 amide bonds. The third-order valence-electron chi connectivity index (χ3n) is 6.53. The van der Waals surface area contributed by atoms with Gasteiger partial charge in [-0.25, -0.2) is 0 Å². The molecule has 0 atom stereocenters. The monoisotopic (exact) mass is 556 g/mol. The Morgan fingerprint density at radius 3 is 2.05 bits per heavy atom. The predicted octanol–water partition coefficient (Wildman–Crippen LogP) is 5.16. The van der Waals surface area contributed by atoms with Crippen molar-refractivity contribution in [3.05, 3.63) is 62.1 Å². The van der Waals surface area contributed by atoms with E-state index in [-0.39, 0.29) is 5.56 Å². The SMILES string of the molecule is C=O.CC.CCN(c1cc(C#CC(C)(C)O)cc(Cc2c(C)cc(C)[nH]c2=O)c1C)C1CCCCC1.CN.CN. The maximum Gasteiger partial charge on any atom is 0.251 e. The van der Waals surface area contributed by atoms with Crippen molar-refractivity contribution in [3.63, 3.8) is 0 Å². The average Bonchev–Trinajstić information content (AvgIpc) is 2.96. The van der Waals surface area contributed by atoms with Crippen LogP contribution < -0.4 is 21.9 Å². The van der Waals surface area contributed by atoms with Crippen molar-refractivity contribution >= 4 is 12.5 Å². The summed E-state index contributed by atoms with van der Waals surface area (Å²) in [5.74, 6) is 6.15. The second-order valence-electron chi connectivity index (χ2n) is 9.79. The Balaban J connectivity index is 0. The van der Waals surface area contributed by atoms with E-state index in [2.05, 4.69) is 59.2 Å². The van der Waals surface area contributed by atoms with Gasteiger partial charge >= 0.3 is 0 Å². The van der Waals surface area contributed by atoms with E-state index in [0.717, 1.165) is 34.5 Å². The summed E-state index contributed by atoms with van der Waals surface area (Å²) in [5, 5.41) is 10.1. The number of benzene rings is 1. The lowest BCUT2D eigenvalue weighted by Gasteiger charge is -2.37. The number of nitrogens with one attached hydrogen (secondary N) is 1. The van der Waals surface area contributed by atoms with Crippen LogP contribution in [0.1, 0.15) is 100 Å². The lowest BCUT2D eigenvalue weighted by atomic mass is 9.91. The molecule has 0 unspecified atom stereocenters. The third-order valence-corrected chi connectivity index (χ3v) is 6.53. The Morgan fingerprint density at radius 2 is 1.57 bits per heavy atom. The molecular weight excluding hydrogens is 500 g/mol. The highest BCUT2D eigenvalue weighted by Crippen LogP contribution is 2.32. The van der Waals surface area contributed by atoms with Crippen LogP contribution in [0.25, 0.3) is 0 Å². The smallest absolute Gasteiger partial charge is 0.251 e. The molecule has 7 heteroatoms. The van der Waals surface area contributed by atoms with Crippen LogP contribution in [0.5, 0.6) is 0 Å². The minimum absolute atomic E-state index is 0.0175. The van der Waals surface area contributed by atoms with Gasteiger partial charge in [-0.2, -0.15) is 0 Å². The van der Waals surface area contributed by atoms with E-state index in [0.29, 0.717) is 12.5 Å². The topological polar surface area (TPSA) is 125 Å². The Morgan fingerprint density at radius 1 is 1.02 bits per heavy atom. The van der Waals surface area contributed by atoms with Gasteiger partial charge in [0.25, 0.3) is 5.56 Å². The van der Waals surface area contributed by atoms with E-state index in [1.165, 1.54) is 57.5 Å². The average molecular weight is 557 g/mol. The number of carbonyl (C=O) groups excluding carboxylic acids is 1. The largest absolute Gasteiger partial charge is 0.378 e. The van der Waals surface area contributed by atoms with Crippen molar-refractivity contribution in [2.45, 2.75) is 106 Å². The van der Waals surface area contributed by atoms with E-state index in [1.54, 1.807) is 13.8 Å². The minimum Gasteiger partial charge on any atom is -0.378 e. The first-order valence-electron chi connectivity index (χ1n) is 14.4. The first kappa shape index (κ1) is 39.2. The number of rotatable bonds is 5. The first-order valence-corrected chi connectivity index (χ1v) is 14.4. The highest BCUT2D eigenvalue weighted by Gasteiger charge is 2.23. The number of nitrogens with two attached hydrogens (primary N) is 2. The van der Waals surface area contributed by atoms with Crippen molar-refractivity contribution in [2.75, 3.05) is 25.5 Å². The number of hydrogen-bond donors (Lipinski definition) is 4. The van der Waals surface area contributed by atoms with E-state index in [4.69, 9.17) is 4.79 Å². The van der Waals surface area contributed by atoms with Gasteiger partial charge in [0.05, 0.1) is 0 Å². The molecule has 226 valence electrons. The number of aromatic amines is 1. The number of anilines is 1. The van der Waals surface area contributed by atoms with Gasteiger partial charge in [0, 0.05) is 41.5 Å². The summed E-state index contributed by atoms with van der Waals surface area (Å²) in [6.45, 7) is 18.7. The number of nitrogens with zero attached hydrogens (tertiary/aromatic N) is 1. The number of aryl methyl sites for hydroxylation is 2. The standard InChI is InChI=1S/C28H38N2O2.C2H6.2CH5N.CH2O/c1-7-30(24-11-9-8-10-12-24)26-17-22(13-14-28(5,6)32)16-23(21(26)4)18-25-19(2)15-20(3)29-27(25)31;4*1-2/h15-17,24,32H,7-12,18H2,1-6H3,(H,29,31);1-2H3;2*2H2,1H3;1H2. The molecule has 1 aliphatic rings. The van der Waals surface area contributed by atoms with Crippen LogP contribution >= 0.6 is 0 Å². The molecule has 0 aliphatic heterocycles. The maximum absolute atomic E-state index is 12.7. The second-order valence-corrected chi connectivity index (χ2v) is 9.79. The van der Waals surface area contributed by atoms with Crippen LogP contribution in [-0.4, -0.2) is 49.2 Å². The van der Waals surface area contributed by atoms with Gasteiger partial charge in [-0.05, 0) is 103 Å². The summed E-state index contributed by atoms with van der Waals surface area (Å²) in [7, 11) is 3.00. The van der Waals surface area contributed by atoms with Gasteiger partial charge in [-0.15, -0.1) is 0 Å². The fourth-order valence-electron chi connectivity index (χ4n) is 4.85. The van der Waals surface area contributed by atoms with Crippen molar-refractivity contribution in [1.82, 2.24) is 4.98 Å². The lowest BCUT2D eigenvalue weighted by molar-refractivity contribution is -0.0980. The Labute approximate surface area is 243 Å². The van der Waals surface area contributed by atoms with Crippen molar-refractivity contribution in [1.29, 1.82) is 0 Å². The van der Waals surface area contributed by atoms with Crippen molar-refractivity contribution in [2.24, 2.45) is 11.5 Å². The van der Waals surface area contributed by atoms with Gasteiger partial charge in [0.2, 0.25) is 0 Å². The molecule has 1 aliphatic carbocycles. The number of aliphatic hydroxyl groups is 1. The third kappa shape index (κ3) is 12.5. The van der Waals surface area contributed by atoms with Gasteiger partial charge in [-0.1, -0.05) is 45.0 Å². The van der Waals surface area contributed by atoms with Crippen LogP contribution in [0.2, 0.25) is 0 Å². The summed E-state index contributed by atoms with van der Waals surface area (Å²) >= 11 is 0. The molecule has 1 aromatic carbocycles. The predicted molar refractivity (Wildman–Crippen MR) is 172 cm³/mol. The highest BCUT2D eigenvalue weighted by atomic mass is 16.3. The summed E-state index contributed by atoms with van der Waals surface area (Å²) in [6, 6.07) is 6.83.